The first-order chi connectivity index (χ1) is 7.59. The lowest BCUT2D eigenvalue weighted by Gasteiger charge is -2.08. The van der Waals surface area contributed by atoms with Gasteiger partial charge in [0.05, 0.1) is 0 Å². The van der Waals surface area contributed by atoms with Crippen molar-refractivity contribution in [1.82, 2.24) is 5.32 Å². The molecule has 3 nitrogen and oxygen atoms in total. The number of benzene rings is 1. The minimum absolute atomic E-state index is 0.0944. The number of nitrogen functional groups attached to an aromatic ring is 1. The zero-order valence-electron chi connectivity index (χ0n) is 9.69. The van der Waals surface area contributed by atoms with E-state index < -0.39 is 0 Å². The Morgan fingerprint density at radius 1 is 1.44 bits per heavy atom. The smallest absolute Gasteiger partial charge is 0.221 e. The quantitative estimate of drug-likeness (QED) is 0.611. The Hall–Kier alpha value is -1.16. The number of hydrogen-bond acceptors (Lipinski definition) is 3. The van der Waals surface area contributed by atoms with E-state index in [4.69, 9.17) is 5.73 Å². The summed E-state index contributed by atoms with van der Waals surface area (Å²) in [6, 6.07) is 7.91. The van der Waals surface area contributed by atoms with Crippen molar-refractivity contribution in [1.29, 1.82) is 0 Å². The maximum absolute atomic E-state index is 11.4. The fraction of sp³-hybridized carbons (Fsp3) is 0.417. The maximum atomic E-state index is 11.4. The number of thioether (sulfide) groups is 1. The highest BCUT2D eigenvalue weighted by Gasteiger charge is 2.04. The third-order valence-corrected chi connectivity index (χ3v) is 3.05. The van der Waals surface area contributed by atoms with Gasteiger partial charge in [-0.1, -0.05) is 12.1 Å². The summed E-state index contributed by atoms with van der Waals surface area (Å²) in [5.41, 5.74) is 6.57. The average molecular weight is 238 g/mol. The Morgan fingerprint density at radius 3 is 2.75 bits per heavy atom. The van der Waals surface area contributed by atoms with Gasteiger partial charge in [0.2, 0.25) is 5.91 Å². The van der Waals surface area contributed by atoms with Crippen LogP contribution in [0.15, 0.2) is 29.2 Å². The molecule has 3 N–H and O–H groups in total. The van der Waals surface area contributed by atoms with Crippen LogP contribution >= 0.6 is 11.8 Å². The molecule has 0 saturated carbocycles. The molecule has 4 heteroatoms. The molecule has 1 aromatic rings. The highest BCUT2D eigenvalue weighted by atomic mass is 32.2. The normalized spacial score (nSPS) is 10.4. The lowest BCUT2D eigenvalue weighted by atomic mass is 10.3. The van der Waals surface area contributed by atoms with Gasteiger partial charge in [-0.2, -0.15) is 0 Å². The van der Waals surface area contributed by atoms with Gasteiger partial charge in [0.25, 0.3) is 0 Å². The summed E-state index contributed by atoms with van der Waals surface area (Å²) in [7, 11) is 0. The van der Waals surface area contributed by atoms with Crippen LogP contribution in [0.5, 0.6) is 0 Å². The van der Waals surface area contributed by atoms with Gasteiger partial charge in [0.1, 0.15) is 0 Å². The third kappa shape index (κ3) is 4.57. The molecule has 0 bridgehead atoms. The van der Waals surface area contributed by atoms with Crippen LogP contribution in [0.2, 0.25) is 0 Å². The SMILES string of the molecule is CC(C)NC(=O)CCSc1ccccc1N. The van der Waals surface area contributed by atoms with Crippen LogP contribution in [0.4, 0.5) is 5.69 Å². The van der Waals surface area contributed by atoms with Crippen molar-refractivity contribution in [2.24, 2.45) is 0 Å². The van der Waals surface area contributed by atoms with E-state index in [1.165, 1.54) is 0 Å². The molecule has 0 spiro atoms. The van der Waals surface area contributed by atoms with Gasteiger partial charge in [-0.05, 0) is 26.0 Å². The lowest BCUT2D eigenvalue weighted by molar-refractivity contribution is -0.121. The molecule has 0 aliphatic heterocycles. The lowest BCUT2D eigenvalue weighted by Crippen LogP contribution is -2.30. The summed E-state index contributed by atoms with van der Waals surface area (Å²) in [5.74, 6) is 0.851. The molecular weight excluding hydrogens is 220 g/mol. The van der Waals surface area contributed by atoms with Crippen molar-refractivity contribution in [3.8, 4) is 0 Å². The van der Waals surface area contributed by atoms with Gasteiger partial charge < -0.3 is 11.1 Å². The number of anilines is 1. The van der Waals surface area contributed by atoms with Gasteiger partial charge in [-0.3, -0.25) is 4.79 Å². The monoisotopic (exact) mass is 238 g/mol. The van der Waals surface area contributed by atoms with Crippen molar-refractivity contribution in [2.45, 2.75) is 31.2 Å². The number of carbonyl (C=O) groups is 1. The second-order valence-electron chi connectivity index (χ2n) is 3.86. The molecule has 0 radical (unpaired) electrons. The van der Waals surface area contributed by atoms with Gasteiger partial charge in [0.15, 0.2) is 0 Å². The van der Waals surface area contributed by atoms with Crippen LogP contribution in [0, 0.1) is 0 Å². The molecular formula is C12H18N2OS. The van der Waals surface area contributed by atoms with Crippen molar-refractivity contribution >= 4 is 23.4 Å². The Balaban J connectivity index is 2.31. The van der Waals surface area contributed by atoms with Gasteiger partial charge >= 0.3 is 0 Å². The summed E-state index contributed by atoms with van der Waals surface area (Å²) in [5, 5.41) is 2.86. The number of hydrogen-bond donors (Lipinski definition) is 2. The van der Waals surface area contributed by atoms with Crippen LogP contribution in [-0.4, -0.2) is 17.7 Å². The van der Waals surface area contributed by atoms with E-state index in [1.807, 2.05) is 38.1 Å². The van der Waals surface area contributed by atoms with Crippen LogP contribution in [0.1, 0.15) is 20.3 Å². The highest BCUT2D eigenvalue weighted by molar-refractivity contribution is 7.99. The summed E-state index contributed by atoms with van der Waals surface area (Å²) >= 11 is 1.62. The van der Waals surface area contributed by atoms with Crippen LogP contribution in [0.3, 0.4) is 0 Å². The molecule has 1 aromatic carbocycles. The van der Waals surface area contributed by atoms with E-state index in [0.717, 1.165) is 16.3 Å². The van der Waals surface area contributed by atoms with E-state index >= 15 is 0 Å². The minimum atomic E-state index is 0.0944. The Morgan fingerprint density at radius 2 is 2.12 bits per heavy atom. The third-order valence-electron chi connectivity index (χ3n) is 1.96. The number of para-hydroxylation sites is 1. The zero-order chi connectivity index (χ0) is 12.0. The van der Waals surface area contributed by atoms with Crippen molar-refractivity contribution < 1.29 is 4.79 Å². The average Bonchev–Trinajstić information content (AvgIpc) is 2.19. The maximum Gasteiger partial charge on any atom is 0.221 e. The Kier molecular flexibility index (Phi) is 5.19. The molecule has 16 heavy (non-hydrogen) atoms. The summed E-state index contributed by atoms with van der Waals surface area (Å²) < 4.78 is 0. The fourth-order valence-electron chi connectivity index (χ4n) is 1.26. The van der Waals surface area contributed by atoms with E-state index in [0.29, 0.717) is 6.42 Å². The molecule has 0 aliphatic carbocycles. The first kappa shape index (κ1) is 12.9. The standard InChI is InChI=1S/C12H18N2OS/c1-9(2)14-12(15)7-8-16-11-6-4-3-5-10(11)13/h3-6,9H,7-8,13H2,1-2H3,(H,14,15). The molecule has 0 atom stereocenters. The van der Waals surface area contributed by atoms with Crippen LogP contribution in [0.25, 0.3) is 0 Å². The number of nitrogens with one attached hydrogen (secondary N) is 1. The predicted molar refractivity (Wildman–Crippen MR) is 69.5 cm³/mol. The topological polar surface area (TPSA) is 55.1 Å². The van der Waals surface area contributed by atoms with E-state index in [9.17, 15) is 4.79 Å². The van der Waals surface area contributed by atoms with E-state index in [1.54, 1.807) is 11.8 Å². The Labute approximate surface area is 101 Å². The molecule has 0 aliphatic rings. The molecule has 88 valence electrons. The molecule has 0 aromatic heterocycles. The second kappa shape index (κ2) is 6.43. The Bertz CT molecular complexity index is 353. The molecule has 0 unspecified atom stereocenters. The summed E-state index contributed by atoms with van der Waals surface area (Å²) in [4.78, 5) is 12.4. The van der Waals surface area contributed by atoms with Crippen LogP contribution < -0.4 is 11.1 Å². The van der Waals surface area contributed by atoms with Crippen LogP contribution in [-0.2, 0) is 4.79 Å². The molecule has 0 fully saturated rings. The number of rotatable bonds is 5. The van der Waals surface area contributed by atoms with Gasteiger partial charge in [-0.25, -0.2) is 0 Å². The fourth-order valence-corrected chi connectivity index (χ4v) is 2.18. The molecule has 1 rings (SSSR count). The van der Waals surface area contributed by atoms with E-state index in [2.05, 4.69) is 5.32 Å². The first-order valence-corrected chi connectivity index (χ1v) is 6.35. The molecule has 1 amide bonds. The number of nitrogens with two attached hydrogens (primary N) is 1. The van der Waals surface area contributed by atoms with Gasteiger partial charge in [0, 0.05) is 28.8 Å². The summed E-state index contributed by atoms with van der Waals surface area (Å²) in [6.45, 7) is 3.92. The zero-order valence-corrected chi connectivity index (χ0v) is 10.5. The molecule has 0 saturated heterocycles. The van der Waals surface area contributed by atoms with Crippen molar-refractivity contribution in [3.63, 3.8) is 0 Å². The summed E-state index contributed by atoms with van der Waals surface area (Å²) in [6.07, 6.45) is 0.525. The number of amides is 1. The largest absolute Gasteiger partial charge is 0.398 e. The second-order valence-corrected chi connectivity index (χ2v) is 5.00. The van der Waals surface area contributed by atoms with Crippen molar-refractivity contribution in [2.75, 3.05) is 11.5 Å². The first-order valence-electron chi connectivity index (χ1n) is 5.36. The molecule has 0 heterocycles. The minimum Gasteiger partial charge on any atom is -0.398 e. The highest BCUT2D eigenvalue weighted by Crippen LogP contribution is 2.24. The number of carbonyl (C=O) groups excluding carboxylic acids is 1. The predicted octanol–water partition coefficient (Wildman–Crippen LogP) is 2.28. The van der Waals surface area contributed by atoms with E-state index in [-0.39, 0.29) is 11.9 Å². The van der Waals surface area contributed by atoms with Crippen molar-refractivity contribution in [3.05, 3.63) is 24.3 Å². The van der Waals surface area contributed by atoms with Gasteiger partial charge in [-0.15, -0.1) is 11.8 Å².